The fraction of sp³-hybridized carbons (Fsp3) is 0.391. The highest BCUT2D eigenvalue weighted by atomic mass is 16.2. The van der Waals surface area contributed by atoms with Gasteiger partial charge in [0.25, 0.3) is 5.91 Å². The van der Waals surface area contributed by atoms with Gasteiger partial charge in [-0.15, -0.1) is 0 Å². The third-order valence-corrected chi connectivity index (χ3v) is 5.66. The molecule has 1 aromatic carbocycles. The Balaban J connectivity index is 1.56. The lowest BCUT2D eigenvalue weighted by Gasteiger charge is -2.33. The van der Waals surface area contributed by atoms with Crippen LogP contribution in [0.1, 0.15) is 59.4 Å². The van der Waals surface area contributed by atoms with Gasteiger partial charge < -0.3 is 4.90 Å². The molecule has 6 nitrogen and oxygen atoms in total. The molecule has 1 aliphatic rings. The number of nitrogens with one attached hydrogen (secondary N) is 1. The first-order chi connectivity index (χ1) is 14.2. The number of hydrogen-bond donors (Lipinski definition) is 1. The topological polar surface area (TPSA) is 74.8 Å². The van der Waals surface area contributed by atoms with Crippen LogP contribution < -0.4 is 0 Å². The van der Waals surface area contributed by atoms with Gasteiger partial charge in [-0.25, -0.2) is 9.97 Å². The summed E-state index contributed by atoms with van der Waals surface area (Å²) in [4.78, 5) is 23.6. The lowest BCUT2D eigenvalue weighted by molar-refractivity contribution is 0.0703. The molecule has 0 aliphatic carbocycles. The van der Waals surface area contributed by atoms with Crippen LogP contribution in [0.2, 0.25) is 0 Å². The minimum Gasteiger partial charge on any atom is -0.338 e. The van der Waals surface area contributed by atoms with Crippen molar-refractivity contribution in [3.8, 4) is 11.1 Å². The minimum atomic E-state index is 0.0372. The zero-order valence-electron chi connectivity index (χ0n) is 17.1. The van der Waals surface area contributed by atoms with Gasteiger partial charge in [0.2, 0.25) is 0 Å². The van der Waals surface area contributed by atoms with Gasteiger partial charge in [0.1, 0.15) is 6.33 Å². The number of carbonyl (C=O) groups is 1. The van der Waals surface area contributed by atoms with E-state index in [2.05, 4.69) is 58.3 Å². The summed E-state index contributed by atoms with van der Waals surface area (Å²) in [5.41, 5.74) is 6.11. The maximum absolute atomic E-state index is 13.2. The maximum Gasteiger partial charge on any atom is 0.257 e. The standard InChI is InChI=1S/C23H27N5O/c1-3-5-21-20(12-24-15-25-21)23(29)28-11-4-6-18(14-28)22-19(13-26-27-22)17-9-7-16(2)8-10-17/h7-10,12-13,15,18H,3-6,11,14H2,1-2H3,(H,26,27)/t18-/m0/s1. The first-order valence-electron chi connectivity index (χ1n) is 10.4. The average Bonchev–Trinajstić information content (AvgIpc) is 3.24. The summed E-state index contributed by atoms with van der Waals surface area (Å²) in [6, 6.07) is 8.50. The fourth-order valence-corrected chi connectivity index (χ4v) is 4.11. The summed E-state index contributed by atoms with van der Waals surface area (Å²) < 4.78 is 0. The molecule has 1 saturated heterocycles. The molecule has 0 bridgehead atoms. The van der Waals surface area contributed by atoms with Crippen LogP contribution in [0, 0.1) is 6.92 Å². The van der Waals surface area contributed by atoms with Gasteiger partial charge >= 0.3 is 0 Å². The molecule has 150 valence electrons. The summed E-state index contributed by atoms with van der Waals surface area (Å²) in [5.74, 6) is 0.279. The van der Waals surface area contributed by atoms with Gasteiger partial charge in [0, 0.05) is 36.5 Å². The van der Waals surface area contributed by atoms with Crippen LogP contribution in [-0.4, -0.2) is 44.1 Å². The smallest absolute Gasteiger partial charge is 0.257 e. The molecule has 1 aliphatic heterocycles. The molecule has 1 atom stereocenters. The van der Waals surface area contributed by atoms with Crippen LogP contribution in [0.3, 0.4) is 0 Å². The Kier molecular flexibility index (Phi) is 5.69. The predicted molar refractivity (Wildman–Crippen MR) is 113 cm³/mol. The highest BCUT2D eigenvalue weighted by Gasteiger charge is 2.29. The van der Waals surface area contributed by atoms with Gasteiger partial charge in [0.15, 0.2) is 0 Å². The first-order valence-corrected chi connectivity index (χ1v) is 10.4. The highest BCUT2D eigenvalue weighted by molar-refractivity contribution is 5.95. The molecule has 3 aromatic rings. The third-order valence-electron chi connectivity index (χ3n) is 5.66. The number of likely N-dealkylation sites (tertiary alicyclic amines) is 1. The Labute approximate surface area is 171 Å². The third kappa shape index (κ3) is 4.06. The van der Waals surface area contributed by atoms with Crippen molar-refractivity contribution in [3.63, 3.8) is 0 Å². The van der Waals surface area contributed by atoms with Crippen LogP contribution >= 0.6 is 0 Å². The number of rotatable bonds is 5. The van der Waals surface area contributed by atoms with E-state index in [1.54, 1.807) is 6.20 Å². The molecule has 1 N–H and O–H groups in total. The molecule has 4 rings (SSSR count). The predicted octanol–water partition coefficient (Wildman–Crippen LogP) is 4.15. The normalized spacial score (nSPS) is 16.8. The van der Waals surface area contributed by atoms with Gasteiger partial charge in [-0.05, 0) is 31.7 Å². The van der Waals surface area contributed by atoms with E-state index >= 15 is 0 Å². The minimum absolute atomic E-state index is 0.0372. The SMILES string of the molecule is CCCc1ncncc1C(=O)N1CCC[C@H](c2[nH]ncc2-c2ccc(C)cc2)C1. The number of piperidine rings is 1. The molecule has 0 radical (unpaired) electrons. The molecule has 2 aromatic heterocycles. The van der Waals surface area contributed by atoms with Crippen molar-refractivity contribution in [2.45, 2.75) is 45.4 Å². The Morgan fingerprint density at radius 2 is 2.07 bits per heavy atom. The number of H-pyrrole nitrogens is 1. The molecular weight excluding hydrogens is 362 g/mol. The van der Waals surface area contributed by atoms with E-state index in [-0.39, 0.29) is 11.8 Å². The molecule has 3 heterocycles. The fourth-order valence-electron chi connectivity index (χ4n) is 4.11. The van der Waals surface area contributed by atoms with Crippen LogP contribution in [0.5, 0.6) is 0 Å². The van der Waals surface area contributed by atoms with Crippen molar-refractivity contribution in [1.82, 2.24) is 25.1 Å². The monoisotopic (exact) mass is 389 g/mol. The number of nitrogens with zero attached hydrogens (tertiary/aromatic N) is 4. The van der Waals surface area contributed by atoms with Crippen molar-refractivity contribution < 1.29 is 4.79 Å². The first kappa shape index (κ1) is 19.3. The Hall–Kier alpha value is -3.02. The van der Waals surface area contributed by atoms with Crippen molar-refractivity contribution in [2.75, 3.05) is 13.1 Å². The molecule has 0 unspecified atom stereocenters. The number of hydrogen-bond acceptors (Lipinski definition) is 4. The number of aromatic amines is 1. The van der Waals surface area contributed by atoms with Gasteiger partial charge in [-0.1, -0.05) is 43.2 Å². The lowest BCUT2D eigenvalue weighted by atomic mass is 9.90. The number of benzene rings is 1. The average molecular weight is 390 g/mol. The van der Waals surface area contributed by atoms with E-state index in [0.717, 1.165) is 54.7 Å². The van der Waals surface area contributed by atoms with Gasteiger partial charge in [0.05, 0.1) is 17.5 Å². The molecular formula is C23H27N5O. The second kappa shape index (κ2) is 8.55. The second-order valence-corrected chi connectivity index (χ2v) is 7.79. The summed E-state index contributed by atoms with van der Waals surface area (Å²) in [7, 11) is 0. The van der Waals surface area contributed by atoms with E-state index in [9.17, 15) is 4.79 Å². The molecule has 0 spiro atoms. The van der Waals surface area contributed by atoms with Crippen molar-refractivity contribution in [1.29, 1.82) is 0 Å². The number of amides is 1. The summed E-state index contributed by atoms with van der Waals surface area (Å²) in [5, 5.41) is 7.52. The zero-order valence-corrected chi connectivity index (χ0v) is 17.1. The van der Waals surface area contributed by atoms with Crippen LogP contribution in [-0.2, 0) is 6.42 Å². The molecule has 29 heavy (non-hydrogen) atoms. The largest absolute Gasteiger partial charge is 0.338 e. The number of aryl methyl sites for hydroxylation is 2. The van der Waals surface area contributed by atoms with Crippen molar-refractivity contribution in [2.24, 2.45) is 0 Å². The second-order valence-electron chi connectivity index (χ2n) is 7.79. The number of carbonyl (C=O) groups excluding carboxylic acids is 1. The van der Waals surface area contributed by atoms with E-state index in [4.69, 9.17) is 0 Å². The highest BCUT2D eigenvalue weighted by Crippen LogP contribution is 2.33. The molecule has 1 amide bonds. The Morgan fingerprint density at radius 3 is 2.86 bits per heavy atom. The summed E-state index contributed by atoms with van der Waals surface area (Å²) in [6.45, 7) is 5.63. The molecule has 6 heteroatoms. The quantitative estimate of drug-likeness (QED) is 0.711. The lowest BCUT2D eigenvalue weighted by Crippen LogP contribution is -2.39. The van der Waals surface area contributed by atoms with E-state index in [0.29, 0.717) is 12.1 Å². The van der Waals surface area contributed by atoms with Crippen molar-refractivity contribution >= 4 is 5.91 Å². The number of aromatic nitrogens is 4. The maximum atomic E-state index is 13.2. The van der Waals surface area contributed by atoms with Crippen molar-refractivity contribution in [3.05, 3.63) is 65.5 Å². The van der Waals surface area contributed by atoms with Crippen LogP contribution in [0.15, 0.2) is 43.0 Å². The van der Waals surface area contributed by atoms with Crippen LogP contribution in [0.4, 0.5) is 0 Å². The van der Waals surface area contributed by atoms with E-state index in [1.165, 1.54) is 11.9 Å². The summed E-state index contributed by atoms with van der Waals surface area (Å²) in [6.07, 6.45) is 8.84. The molecule has 0 saturated carbocycles. The van der Waals surface area contributed by atoms with E-state index < -0.39 is 0 Å². The van der Waals surface area contributed by atoms with Gasteiger partial charge in [-0.2, -0.15) is 5.10 Å². The zero-order chi connectivity index (χ0) is 20.2. The van der Waals surface area contributed by atoms with Crippen LogP contribution in [0.25, 0.3) is 11.1 Å². The Bertz CT molecular complexity index is 979. The Morgan fingerprint density at radius 1 is 1.24 bits per heavy atom. The van der Waals surface area contributed by atoms with E-state index in [1.807, 2.05) is 11.1 Å². The molecule has 1 fully saturated rings. The summed E-state index contributed by atoms with van der Waals surface area (Å²) >= 11 is 0. The van der Waals surface area contributed by atoms with Gasteiger partial charge in [-0.3, -0.25) is 9.89 Å².